The molecule has 1 rings (SSSR count). The average Bonchev–Trinajstić information content (AvgIpc) is 2.84. The summed E-state index contributed by atoms with van der Waals surface area (Å²) in [6, 6.07) is 2.31. The summed E-state index contributed by atoms with van der Waals surface area (Å²) in [5, 5.41) is 3.23. The van der Waals surface area contributed by atoms with Gasteiger partial charge in [-0.1, -0.05) is 0 Å². The van der Waals surface area contributed by atoms with Crippen molar-refractivity contribution in [2.45, 2.75) is 125 Å². The molecule has 0 bridgehead atoms. The van der Waals surface area contributed by atoms with Crippen LogP contribution in [0.4, 0.5) is 13.6 Å². The number of rotatable bonds is 18. The number of aliphatic imine (C=N–C) groups is 1. The van der Waals surface area contributed by atoms with Gasteiger partial charge in [0.25, 0.3) is 0 Å². The fourth-order valence-electron chi connectivity index (χ4n) is 4.48. The monoisotopic (exact) mass is 644 g/mol. The molecule has 1 aromatic rings. The van der Waals surface area contributed by atoms with E-state index >= 15 is 0 Å². The van der Waals surface area contributed by atoms with Crippen molar-refractivity contribution in [1.29, 1.82) is 0 Å². The maximum absolute atomic E-state index is 14.2. The summed E-state index contributed by atoms with van der Waals surface area (Å²) in [5.41, 5.74) is -0.719. The molecule has 2 radical (unpaired) electrons. The molecule has 1 N–H and O–H groups in total. The van der Waals surface area contributed by atoms with Crippen LogP contribution in [0.25, 0.3) is 0 Å². The minimum atomic E-state index is -1.09. The van der Waals surface area contributed by atoms with E-state index in [9.17, 15) is 13.6 Å². The minimum absolute atomic E-state index is 0.115. The van der Waals surface area contributed by atoms with Crippen LogP contribution in [0, 0.1) is 11.6 Å². The topological polar surface area (TPSA) is 59.9 Å². The van der Waals surface area contributed by atoms with E-state index in [0.717, 1.165) is 25.0 Å². The summed E-state index contributed by atoms with van der Waals surface area (Å²) >= 11 is -1.09. The molecule has 1 aromatic carbocycles. The normalized spacial score (nSPS) is 13.1. The maximum atomic E-state index is 14.2. The summed E-state index contributed by atoms with van der Waals surface area (Å²) in [6.45, 7) is 12.8. The Morgan fingerprint density at radius 3 is 1.97 bits per heavy atom. The third-order valence-electron chi connectivity index (χ3n) is 6.49. The van der Waals surface area contributed by atoms with Crippen molar-refractivity contribution in [3.63, 3.8) is 0 Å². The number of carbonyl (C=O) groups excluding carboxylic acids is 1. The zero-order chi connectivity index (χ0) is 28.6. The zero-order valence-electron chi connectivity index (χ0n) is 24.7. The number of methoxy groups -OCH3 is 1. The van der Waals surface area contributed by atoms with E-state index in [2.05, 4.69) is 31.1 Å². The molecule has 1 atom stereocenters. The van der Waals surface area contributed by atoms with Gasteiger partial charge in [0.1, 0.15) is 0 Å². The number of carbonyl (C=O) groups is 1. The van der Waals surface area contributed by atoms with E-state index in [4.69, 9.17) is 9.47 Å². The quantitative estimate of drug-likeness (QED) is 0.0993. The molecule has 0 spiro atoms. The van der Waals surface area contributed by atoms with Crippen LogP contribution < -0.4 is 10.1 Å². The van der Waals surface area contributed by atoms with Gasteiger partial charge >= 0.3 is 241 Å². The van der Waals surface area contributed by atoms with Gasteiger partial charge in [-0.3, -0.25) is 0 Å². The number of hydrogen-bond acceptors (Lipinski definition) is 4. The Morgan fingerprint density at radius 1 is 1.00 bits per heavy atom. The first-order valence-electron chi connectivity index (χ1n) is 14.3. The zero-order valence-corrected chi connectivity index (χ0v) is 27.6. The van der Waals surface area contributed by atoms with Crippen LogP contribution >= 0.6 is 0 Å². The molecule has 0 heterocycles. The van der Waals surface area contributed by atoms with Crippen molar-refractivity contribution >= 4 is 33.5 Å². The van der Waals surface area contributed by atoms with E-state index < -0.39 is 38.4 Å². The van der Waals surface area contributed by atoms with E-state index in [1.165, 1.54) is 71.1 Å². The number of ether oxygens (including phenoxy) is 2. The molecule has 1 unspecified atom stereocenters. The van der Waals surface area contributed by atoms with Gasteiger partial charge in [0, 0.05) is 0 Å². The first-order valence-corrected chi connectivity index (χ1v) is 17.4. The Labute approximate surface area is 240 Å². The summed E-state index contributed by atoms with van der Waals surface area (Å²) in [4.78, 5) is 17.1. The van der Waals surface area contributed by atoms with Crippen LogP contribution in [0.5, 0.6) is 5.75 Å². The average molecular weight is 643 g/mol. The van der Waals surface area contributed by atoms with Crippen molar-refractivity contribution < 1.29 is 23.0 Å². The second-order valence-electron chi connectivity index (χ2n) is 11.1. The van der Waals surface area contributed by atoms with Gasteiger partial charge in [-0.15, -0.1) is 0 Å². The summed E-state index contributed by atoms with van der Waals surface area (Å²) < 4.78 is 39.5. The first-order chi connectivity index (χ1) is 18.0. The predicted octanol–water partition coefficient (Wildman–Crippen LogP) is 8.46. The number of hydrogen-bond donors (Lipinski definition) is 1. The Kier molecular flexibility index (Phi) is 16.5. The molecule has 0 saturated carbocycles. The molecule has 38 heavy (non-hydrogen) atoms. The number of alkyl carbamates (subject to hydrolysis) is 1. The van der Waals surface area contributed by atoms with E-state index in [0.29, 0.717) is 9.98 Å². The van der Waals surface area contributed by atoms with Crippen molar-refractivity contribution in [2.75, 3.05) is 13.7 Å². The Morgan fingerprint density at radius 2 is 1.53 bits per heavy atom. The van der Waals surface area contributed by atoms with E-state index in [-0.39, 0.29) is 21.5 Å². The van der Waals surface area contributed by atoms with Crippen molar-refractivity contribution in [3.05, 3.63) is 29.3 Å². The number of benzene rings is 1. The molecule has 0 aliphatic rings. The molecule has 0 aliphatic heterocycles. The van der Waals surface area contributed by atoms with E-state index in [1.807, 2.05) is 20.8 Å². The first kappa shape index (κ1) is 34.6. The number of unbranched alkanes of at least 4 members (excludes halogenated alkanes) is 3. The molecule has 216 valence electrons. The van der Waals surface area contributed by atoms with Gasteiger partial charge in [0.05, 0.1) is 0 Å². The third-order valence-corrected chi connectivity index (χ3v) is 12.6. The number of halogens is 2. The van der Waals surface area contributed by atoms with Crippen LogP contribution in [0.1, 0.15) is 118 Å². The van der Waals surface area contributed by atoms with Crippen LogP contribution in [0.15, 0.2) is 17.1 Å². The number of amides is 1. The SMILES string of the molecule is CCCC[C](CCCC)(CCCC)[Sn][CH](CCCN=Cc1c(F)cc(OC)cc1F)NC(=O)OC(C)(C)C. The number of nitrogens with zero attached hydrogens (tertiary/aromatic N) is 1. The van der Waals surface area contributed by atoms with Gasteiger partial charge in [-0.25, -0.2) is 0 Å². The fourth-order valence-corrected chi connectivity index (χ4v) is 10.9. The Bertz CT molecular complexity index is 814. The van der Waals surface area contributed by atoms with Gasteiger partial charge in [-0.05, 0) is 0 Å². The molecule has 5 nitrogen and oxygen atoms in total. The Balaban J connectivity index is 3.01. The van der Waals surface area contributed by atoms with Crippen molar-refractivity contribution in [1.82, 2.24) is 5.32 Å². The van der Waals surface area contributed by atoms with Gasteiger partial charge in [-0.2, -0.15) is 0 Å². The van der Waals surface area contributed by atoms with Gasteiger partial charge in [0.2, 0.25) is 0 Å². The molecule has 1 amide bonds. The predicted molar refractivity (Wildman–Crippen MR) is 155 cm³/mol. The fraction of sp³-hybridized carbons (Fsp3) is 0.733. The van der Waals surface area contributed by atoms with Crippen LogP contribution in [-0.2, 0) is 4.74 Å². The molecular formula is C30H50F2N2O3Sn. The molecular weight excluding hydrogens is 593 g/mol. The summed E-state index contributed by atoms with van der Waals surface area (Å²) in [6.07, 6.45) is 13.3. The molecule has 0 aliphatic carbocycles. The molecule has 0 fully saturated rings. The third kappa shape index (κ3) is 13.6. The molecule has 0 saturated heterocycles. The van der Waals surface area contributed by atoms with Crippen LogP contribution in [0.3, 0.4) is 0 Å². The van der Waals surface area contributed by atoms with Gasteiger partial charge in [0.15, 0.2) is 0 Å². The second-order valence-corrected chi connectivity index (χ2v) is 17.0. The van der Waals surface area contributed by atoms with E-state index in [1.54, 1.807) is 0 Å². The van der Waals surface area contributed by atoms with Crippen molar-refractivity contribution in [3.8, 4) is 5.75 Å². The Hall–Kier alpha value is -1.38. The van der Waals surface area contributed by atoms with Crippen LogP contribution in [-0.4, -0.2) is 56.8 Å². The molecule has 0 aromatic heterocycles. The molecule has 8 heteroatoms. The van der Waals surface area contributed by atoms with Gasteiger partial charge < -0.3 is 0 Å². The number of nitrogens with one attached hydrogen (secondary N) is 1. The van der Waals surface area contributed by atoms with Crippen LogP contribution in [0.2, 0.25) is 3.43 Å². The standard InChI is InChI=1S/C17H23F2N2O3.C13H27.Sn/c1-17(2,3)24-16(22)21-8-6-5-7-20-11-13-14(18)9-12(23-4)10-15(13)19;1-4-7-10-13(11-8-5-2)12-9-6-3;/h8-11H,5-7H2,1-4H3,(H,21,22);4-12H2,1-3H3;. The summed E-state index contributed by atoms with van der Waals surface area (Å²) in [5.74, 6) is -1.26. The summed E-state index contributed by atoms with van der Waals surface area (Å²) in [7, 11) is 1.37. The second kappa shape index (κ2) is 18.1. The van der Waals surface area contributed by atoms with Crippen molar-refractivity contribution in [2.24, 2.45) is 4.99 Å².